The third-order valence-corrected chi connectivity index (χ3v) is 5.47. The molecule has 1 amide bonds. The maximum Gasteiger partial charge on any atom is 0.269 e. The molecule has 2 aromatic carbocycles. The Morgan fingerprint density at radius 3 is 2.24 bits per heavy atom. The van der Waals surface area contributed by atoms with Crippen LogP contribution in [0.15, 0.2) is 40.9 Å². The predicted octanol–water partition coefficient (Wildman–Crippen LogP) is 4.19. The zero-order valence-electron chi connectivity index (χ0n) is 19.5. The van der Waals surface area contributed by atoms with Crippen LogP contribution in [0, 0.1) is 16.0 Å². The number of non-ortho nitro benzene ring substituents is 1. The van der Waals surface area contributed by atoms with Crippen molar-refractivity contribution >= 4 is 11.6 Å². The molecular weight excluding hydrogens is 444 g/mol. The summed E-state index contributed by atoms with van der Waals surface area (Å²) in [7, 11) is 4.53. The van der Waals surface area contributed by atoms with E-state index in [0.29, 0.717) is 22.8 Å². The molecule has 2 atom stereocenters. The first kappa shape index (κ1) is 24.5. The van der Waals surface area contributed by atoms with Crippen LogP contribution in [0.2, 0.25) is 0 Å². The number of carbonyl (C=O) groups excluding carboxylic acids is 1. The first-order valence-corrected chi connectivity index (χ1v) is 10.5. The summed E-state index contributed by atoms with van der Waals surface area (Å²) >= 11 is 0. The number of carbonyl (C=O) groups is 1. The molecule has 0 aliphatic carbocycles. The van der Waals surface area contributed by atoms with E-state index in [1.807, 2.05) is 13.8 Å². The minimum absolute atomic E-state index is 0.0322. The number of ether oxygens (including phenoxy) is 3. The number of hydrogen-bond acceptors (Lipinski definition) is 9. The van der Waals surface area contributed by atoms with Gasteiger partial charge in [0.25, 0.3) is 11.6 Å². The Hall–Kier alpha value is -4.15. The van der Waals surface area contributed by atoms with Crippen molar-refractivity contribution in [3.8, 4) is 28.6 Å². The van der Waals surface area contributed by atoms with Crippen LogP contribution in [0.5, 0.6) is 17.2 Å². The Balaban J connectivity index is 1.90. The standard InChI is InChI=1S/C23H26N4O7/c1-6-13(2)19(24-22(28)14-7-9-16(10-8-14)27(29)30)23-25-21(26-34-23)15-11-17(31-3)20(33-5)18(12-15)32-4/h7-13,19H,6H2,1-5H3,(H,24,28). The number of benzene rings is 2. The molecule has 1 N–H and O–H groups in total. The zero-order chi connectivity index (χ0) is 24.8. The van der Waals surface area contributed by atoms with Crippen molar-refractivity contribution in [1.29, 1.82) is 0 Å². The molecule has 0 aliphatic heterocycles. The fraction of sp³-hybridized carbons (Fsp3) is 0.348. The van der Waals surface area contributed by atoms with Crippen molar-refractivity contribution in [3.05, 3.63) is 58.0 Å². The predicted molar refractivity (Wildman–Crippen MR) is 122 cm³/mol. The normalized spacial score (nSPS) is 12.5. The lowest BCUT2D eigenvalue weighted by molar-refractivity contribution is -0.384. The molecule has 0 fully saturated rings. The molecule has 2 unspecified atom stereocenters. The lowest BCUT2D eigenvalue weighted by atomic mass is 9.98. The highest BCUT2D eigenvalue weighted by Crippen LogP contribution is 2.40. The molecule has 11 nitrogen and oxygen atoms in total. The van der Waals surface area contributed by atoms with E-state index in [4.69, 9.17) is 18.7 Å². The van der Waals surface area contributed by atoms with Gasteiger partial charge in [-0.3, -0.25) is 14.9 Å². The summed E-state index contributed by atoms with van der Waals surface area (Å²) in [6.45, 7) is 3.93. The van der Waals surface area contributed by atoms with Crippen molar-refractivity contribution in [2.75, 3.05) is 21.3 Å². The highest BCUT2D eigenvalue weighted by Gasteiger charge is 2.28. The topological polar surface area (TPSA) is 139 Å². The highest BCUT2D eigenvalue weighted by atomic mass is 16.6. The molecule has 180 valence electrons. The third kappa shape index (κ3) is 5.08. The van der Waals surface area contributed by atoms with Gasteiger partial charge in [0.15, 0.2) is 11.5 Å². The largest absolute Gasteiger partial charge is 0.493 e. The van der Waals surface area contributed by atoms with E-state index < -0.39 is 16.9 Å². The summed E-state index contributed by atoms with van der Waals surface area (Å²) in [5, 5.41) is 17.8. The fourth-order valence-electron chi connectivity index (χ4n) is 3.33. The molecule has 34 heavy (non-hydrogen) atoms. The first-order chi connectivity index (χ1) is 16.3. The van der Waals surface area contributed by atoms with Gasteiger partial charge in [0.1, 0.15) is 6.04 Å². The number of nitrogens with zero attached hydrogens (tertiary/aromatic N) is 3. The second kappa shape index (κ2) is 10.6. The molecule has 3 aromatic rings. The van der Waals surface area contributed by atoms with Gasteiger partial charge in [0.05, 0.1) is 26.3 Å². The molecule has 0 aliphatic rings. The summed E-state index contributed by atoms with van der Waals surface area (Å²) < 4.78 is 21.6. The molecule has 1 aromatic heterocycles. The number of nitro groups is 1. The van der Waals surface area contributed by atoms with Crippen LogP contribution < -0.4 is 19.5 Å². The monoisotopic (exact) mass is 470 g/mol. The van der Waals surface area contributed by atoms with Gasteiger partial charge in [-0.15, -0.1) is 0 Å². The molecule has 0 bridgehead atoms. The first-order valence-electron chi connectivity index (χ1n) is 10.5. The number of rotatable bonds is 10. The van der Waals surface area contributed by atoms with Gasteiger partial charge in [-0.05, 0) is 30.2 Å². The van der Waals surface area contributed by atoms with Crippen LogP contribution in [-0.2, 0) is 0 Å². The molecule has 0 saturated heterocycles. The molecule has 0 saturated carbocycles. The van der Waals surface area contributed by atoms with E-state index in [1.165, 1.54) is 45.6 Å². The Kier molecular flexibility index (Phi) is 7.67. The molecule has 0 radical (unpaired) electrons. The SMILES string of the molecule is CCC(C)C(NC(=O)c1ccc([N+](=O)[O-])cc1)c1nc(-c2cc(OC)c(OC)c(OC)c2)no1. The number of methoxy groups -OCH3 is 3. The van der Waals surface area contributed by atoms with Gasteiger partial charge in [-0.2, -0.15) is 4.98 Å². The minimum atomic E-state index is -0.573. The molecule has 11 heteroatoms. The van der Waals surface area contributed by atoms with Crippen LogP contribution in [-0.4, -0.2) is 42.3 Å². The second-order valence-electron chi connectivity index (χ2n) is 7.51. The Labute approximate surface area is 196 Å². The third-order valence-electron chi connectivity index (χ3n) is 5.47. The van der Waals surface area contributed by atoms with E-state index in [2.05, 4.69) is 15.5 Å². The Morgan fingerprint density at radius 2 is 1.74 bits per heavy atom. The van der Waals surface area contributed by atoms with Crippen LogP contribution in [0.1, 0.15) is 42.6 Å². The number of hydrogen-bond donors (Lipinski definition) is 1. The lowest BCUT2D eigenvalue weighted by Gasteiger charge is -2.20. The quantitative estimate of drug-likeness (QED) is 0.341. The average Bonchev–Trinajstić information content (AvgIpc) is 3.35. The summed E-state index contributed by atoms with van der Waals surface area (Å²) in [4.78, 5) is 27.7. The van der Waals surface area contributed by atoms with Gasteiger partial charge < -0.3 is 24.1 Å². The molecule has 0 spiro atoms. The number of nitrogens with one attached hydrogen (secondary N) is 1. The summed E-state index contributed by atoms with van der Waals surface area (Å²) in [6.07, 6.45) is 0.729. The Bertz CT molecular complexity index is 1140. The van der Waals surface area contributed by atoms with Crippen molar-refractivity contribution < 1.29 is 28.5 Å². The van der Waals surface area contributed by atoms with Gasteiger partial charge in [0.2, 0.25) is 17.5 Å². The van der Waals surface area contributed by atoms with Gasteiger partial charge >= 0.3 is 0 Å². The summed E-state index contributed by atoms with van der Waals surface area (Å²) in [5.41, 5.74) is 0.763. The van der Waals surface area contributed by atoms with E-state index in [9.17, 15) is 14.9 Å². The minimum Gasteiger partial charge on any atom is -0.493 e. The van der Waals surface area contributed by atoms with Crippen molar-refractivity contribution in [1.82, 2.24) is 15.5 Å². The van der Waals surface area contributed by atoms with Crippen LogP contribution in [0.25, 0.3) is 11.4 Å². The smallest absolute Gasteiger partial charge is 0.269 e. The van der Waals surface area contributed by atoms with Crippen LogP contribution in [0.4, 0.5) is 5.69 Å². The van der Waals surface area contributed by atoms with Gasteiger partial charge in [0, 0.05) is 23.3 Å². The van der Waals surface area contributed by atoms with E-state index in [1.54, 1.807) is 12.1 Å². The summed E-state index contributed by atoms with van der Waals surface area (Å²) in [6, 6.07) is 8.18. The number of nitro benzene ring substituents is 1. The zero-order valence-corrected chi connectivity index (χ0v) is 19.5. The van der Waals surface area contributed by atoms with E-state index >= 15 is 0 Å². The summed E-state index contributed by atoms with van der Waals surface area (Å²) in [5.74, 6) is 1.38. The second-order valence-corrected chi connectivity index (χ2v) is 7.51. The van der Waals surface area contributed by atoms with E-state index in [0.717, 1.165) is 6.42 Å². The maximum atomic E-state index is 12.8. The van der Waals surface area contributed by atoms with Crippen molar-refractivity contribution in [2.45, 2.75) is 26.3 Å². The number of aromatic nitrogens is 2. The van der Waals surface area contributed by atoms with E-state index in [-0.39, 0.29) is 28.9 Å². The molecule has 1 heterocycles. The fourth-order valence-corrected chi connectivity index (χ4v) is 3.33. The van der Waals surface area contributed by atoms with Crippen molar-refractivity contribution in [3.63, 3.8) is 0 Å². The molecular formula is C23H26N4O7. The molecule has 3 rings (SSSR count). The highest BCUT2D eigenvalue weighted by molar-refractivity contribution is 5.94. The van der Waals surface area contributed by atoms with Crippen molar-refractivity contribution in [2.24, 2.45) is 5.92 Å². The van der Waals surface area contributed by atoms with Gasteiger partial charge in [-0.1, -0.05) is 25.4 Å². The Morgan fingerprint density at radius 1 is 1.12 bits per heavy atom. The lowest BCUT2D eigenvalue weighted by Crippen LogP contribution is -2.32. The van der Waals surface area contributed by atoms with Gasteiger partial charge in [-0.25, -0.2) is 0 Å². The van der Waals surface area contributed by atoms with Crippen LogP contribution >= 0.6 is 0 Å². The maximum absolute atomic E-state index is 12.8. The average molecular weight is 470 g/mol. The van der Waals surface area contributed by atoms with Crippen LogP contribution in [0.3, 0.4) is 0 Å². The number of amides is 1.